The smallest absolute Gasteiger partial charge is 0.164 e. The lowest BCUT2D eigenvalue weighted by atomic mass is 10.0. The fraction of sp³-hybridized carbons (Fsp3) is 0.500. The summed E-state index contributed by atoms with van der Waals surface area (Å²) in [6.45, 7) is 0.820. The lowest BCUT2D eigenvalue weighted by molar-refractivity contribution is 0.0104. The van der Waals surface area contributed by atoms with E-state index in [4.69, 9.17) is 27.9 Å². The number of rotatable bonds is 4. The Morgan fingerprint density at radius 3 is 2.83 bits per heavy atom. The molecule has 1 aliphatic heterocycles. The minimum atomic E-state index is 0.0610. The van der Waals surface area contributed by atoms with Crippen LogP contribution in [0.5, 0.6) is 0 Å². The maximum atomic E-state index is 12.0. The molecule has 1 aliphatic rings. The van der Waals surface area contributed by atoms with Crippen molar-refractivity contribution in [2.75, 3.05) is 6.61 Å². The van der Waals surface area contributed by atoms with E-state index in [2.05, 4.69) is 0 Å². The summed E-state index contributed by atoms with van der Waals surface area (Å²) in [4.78, 5) is 12.0. The van der Waals surface area contributed by atoms with E-state index in [1.165, 1.54) is 6.42 Å². The first-order valence-electron chi connectivity index (χ1n) is 6.26. The van der Waals surface area contributed by atoms with Gasteiger partial charge in [-0.1, -0.05) is 23.2 Å². The van der Waals surface area contributed by atoms with Crippen LogP contribution < -0.4 is 0 Å². The van der Waals surface area contributed by atoms with Crippen LogP contribution in [0.3, 0.4) is 0 Å². The van der Waals surface area contributed by atoms with Gasteiger partial charge in [-0.05, 0) is 43.9 Å². The molecule has 0 bridgehead atoms. The normalized spacial score (nSPS) is 19.8. The van der Waals surface area contributed by atoms with Crippen LogP contribution in [0.15, 0.2) is 18.2 Å². The SMILES string of the molecule is O=C(CCC1CCCCO1)c1ccc(Cl)cc1Cl. The largest absolute Gasteiger partial charge is 0.378 e. The van der Waals surface area contributed by atoms with Crippen LogP contribution in [-0.4, -0.2) is 18.5 Å². The molecule has 1 heterocycles. The van der Waals surface area contributed by atoms with Gasteiger partial charge >= 0.3 is 0 Å². The molecule has 0 saturated carbocycles. The predicted octanol–water partition coefficient (Wildman–Crippen LogP) is 4.53. The van der Waals surface area contributed by atoms with Gasteiger partial charge in [0.2, 0.25) is 0 Å². The molecule has 1 fully saturated rings. The molecule has 0 N–H and O–H groups in total. The maximum absolute atomic E-state index is 12.0. The van der Waals surface area contributed by atoms with Gasteiger partial charge in [0.1, 0.15) is 0 Å². The average Bonchev–Trinajstić information content (AvgIpc) is 2.37. The van der Waals surface area contributed by atoms with Gasteiger partial charge in [-0.2, -0.15) is 0 Å². The third-order valence-electron chi connectivity index (χ3n) is 3.20. The summed E-state index contributed by atoms with van der Waals surface area (Å²) in [7, 11) is 0. The van der Waals surface area contributed by atoms with Crippen LogP contribution in [-0.2, 0) is 4.74 Å². The summed E-state index contributed by atoms with van der Waals surface area (Å²) in [6, 6.07) is 4.99. The van der Waals surface area contributed by atoms with Gasteiger partial charge in [0, 0.05) is 23.6 Å². The zero-order valence-corrected chi connectivity index (χ0v) is 11.6. The number of ketones is 1. The molecular formula is C14H16Cl2O2. The molecule has 0 amide bonds. The molecule has 1 unspecified atom stereocenters. The molecule has 4 heteroatoms. The number of ether oxygens (including phenoxy) is 1. The summed E-state index contributed by atoms with van der Waals surface area (Å²) in [6.07, 6.45) is 4.87. The Bertz CT molecular complexity index is 426. The minimum absolute atomic E-state index is 0.0610. The van der Waals surface area contributed by atoms with Crippen molar-refractivity contribution >= 4 is 29.0 Å². The topological polar surface area (TPSA) is 26.3 Å². The molecule has 0 aromatic heterocycles. The highest BCUT2D eigenvalue weighted by atomic mass is 35.5. The lowest BCUT2D eigenvalue weighted by Crippen LogP contribution is -2.20. The number of Topliss-reactive ketones (excluding diaryl/α,β-unsaturated/α-hetero) is 1. The Morgan fingerprint density at radius 1 is 1.33 bits per heavy atom. The number of hydrogen-bond donors (Lipinski definition) is 0. The van der Waals surface area contributed by atoms with Gasteiger partial charge in [-0.25, -0.2) is 0 Å². The van der Waals surface area contributed by atoms with Crippen molar-refractivity contribution in [2.24, 2.45) is 0 Å². The highest BCUT2D eigenvalue weighted by Gasteiger charge is 2.17. The van der Waals surface area contributed by atoms with Crippen LogP contribution in [0.2, 0.25) is 10.0 Å². The number of hydrogen-bond acceptors (Lipinski definition) is 2. The Morgan fingerprint density at radius 2 is 2.17 bits per heavy atom. The van der Waals surface area contributed by atoms with E-state index in [0.29, 0.717) is 22.0 Å². The van der Waals surface area contributed by atoms with Crippen molar-refractivity contribution in [3.63, 3.8) is 0 Å². The Hall–Kier alpha value is -0.570. The van der Waals surface area contributed by atoms with Crippen molar-refractivity contribution in [3.05, 3.63) is 33.8 Å². The van der Waals surface area contributed by atoms with Gasteiger partial charge in [0.05, 0.1) is 11.1 Å². The second-order valence-electron chi connectivity index (χ2n) is 4.57. The summed E-state index contributed by atoms with van der Waals surface area (Å²) in [5, 5.41) is 0.976. The van der Waals surface area contributed by atoms with Gasteiger partial charge < -0.3 is 4.74 Å². The first-order valence-corrected chi connectivity index (χ1v) is 7.02. The fourth-order valence-corrected chi connectivity index (χ4v) is 2.69. The summed E-state index contributed by atoms with van der Waals surface area (Å²) < 4.78 is 5.61. The summed E-state index contributed by atoms with van der Waals surface area (Å²) >= 11 is 11.8. The van der Waals surface area contributed by atoms with Crippen LogP contribution in [0, 0.1) is 0 Å². The second-order valence-corrected chi connectivity index (χ2v) is 5.42. The number of benzene rings is 1. The van der Waals surface area contributed by atoms with E-state index in [1.807, 2.05) is 0 Å². The molecule has 1 aromatic rings. The van der Waals surface area contributed by atoms with Crippen molar-refractivity contribution < 1.29 is 9.53 Å². The first kappa shape index (κ1) is 13.9. The molecule has 18 heavy (non-hydrogen) atoms. The Labute approximate surface area is 117 Å². The van der Waals surface area contributed by atoms with E-state index in [9.17, 15) is 4.79 Å². The van der Waals surface area contributed by atoms with E-state index in [-0.39, 0.29) is 11.9 Å². The highest BCUT2D eigenvalue weighted by molar-refractivity contribution is 6.36. The average molecular weight is 287 g/mol. The molecule has 2 rings (SSSR count). The van der Waals surface area contributed by atoms with E-state index in [1.54, 1.807) is 18.2 Å². The molecular weight excluding hydrogens is 271 g/mol. The van der Waals surface area contributed by atoms with E-state index < -0.39 is 0 Å². The minimum Gasteiger partial charge on any atom is -0.378 e. The van der Waals surface area contributed by atoms with Crippen molar-refractivity contribution in [2.45, 2.75) is 38.2 Å². The molecule has 1 atom stereocenters. The first-order chi connectivity index (χ1) is 8.66. The Kier molecular flexibility index (Phi) is 5.04. The molecule has 1 aromatic carbocycles. The van der Waals surface area contributed by atoms with Gasteiger partial charge in [-0.3, -0.25) is 4.79 Å². The second kappa shape index (κ2) is 6.55. The van der Waals surface area contributed by atoms with Crippen LogP contribution in [0.25, 0.3) is 0 Å². The number of halogens is 2. The van der Waals surface area contributed by atoms with Crippen molar-refractivity contribution in [1.29, 1.82) is 0 Å². The molecule has 98 valence electrons. The van der Waals surface area contributed by atoms with Gasteiger partial charge in [-0.15, -0.1) is 0 Å². The van der Waals surface area contributed by atoms with Crippen molar-refractivity contribution in [1.82, 2.24) is 0 Å². The molecule has 0 spiro atoms. The Balaban J connectivity index is 1.90. The highest BCUT2D eigenvalue weighted by Crippen LogP contribution is 2.24. The zero-order valence-electron chi connectivity index (χ0n) is 10.1. The van der Waals surface area contributed by atoms with E-state index >= 15 is 0 Å². The van der Waals surface area contributed by atoms with Gasteiger partial charge in [0.15, 0.2) is 5.78 Å². The van der Waals surface area contributed by atoms with Crippen molar-refractivity contribution in [3.8, 4) is 0 Å². The monoisotopic (exact) mass is 286 g/mol. The van der Waals surface area contributed by atoms with Crippen LogP contribution >= 0.6 is 23.2 Å². The lowest BCUT2D eigenvalue weighted by Gasteiger charge is -2.22. The molecule has 0 aliphatic carbocycles. The molecule has 0 radical (unpaired) electrons. The molecule has 1 saturated heterocycles. The third-order valence-corrected chi connectivity index (χ3v) is 3.75. The predicted molar refractivity (Wildman–Crippen MR) is 73.6 cm³/mol. The standard InChI is InChI=1S/C14H16Cl2O2/c15-10-4-6-12(13(16)9-10)14(17)7-5-11-3-1-2-8-18-11/h4,6,9,11H,1-3,5,7-8H2. The summed E-state index contributed by atoms with van der Waals surface area (Å²) in [5.74, 6) is 0.0610. The van der Waals surface area contributed by atoms with Crippen LogP contribution in [0.4, 0.5) is 0 Å². The molecule has 2 nitrogen and oxygen atoms in total. The zero-order chi connectivity index (χ0) is 13.0. The number of carbonyl (C=O) groups excluding carboxylic acids is 1. The summed E-state index contributed by atoms with van der Waals surface area (Å²) in [5.41, 5.74) is 0.553. The quantitative estimate of drug-likeness (QED) is 0.761. The maximum Gasteiger partial charge on any atom is 0.164 e. The number of carbonyl (C=O) groups is 1. The fourth-order valence-electron chi connectivity index (χ4n) is 2.18. The van der Waals surface area contributed by atoms with Crippen LogP contribution in [0.1, 0.15) is 42.5 Å². The van der Waals surface area contributed by atoms with Gasteiger partial charge in [0.25, 0.3) is 0 Å². The van der Waals surface area contributed by atoms with E-state index in [0.717, 1.165) is 25.9 Å². The third kappa shape index (κ3) is 3.71.